The SMILES string of the molecule is CCCNC(=O)c1csc(CSc2nc3cc(C)ccc3o2)n1. The van der Waals surface area contributed by atoms with Crippen LogP contribution in [0.2, 0.25) is 0 Å². The summed E-state index contributed by atoms with van der Waals surface area (Å²) in [6, 6.07) is 5.94. The summed E-state index contributed by atoms with van der Waals surface area (Å²) in [5, 5.41) is 6.12. The summed E-state index contributed by atoms with van der Waals surface area (Å²) < 4.78 is 5.70. The minimum absolute atomic E-state index is 0.114. The minimum Gasteiger partial charge on any atom is -0.431 e. The summed E-state index contributed by atoms with van der Waals surface area (Å²) in [5.74, 6) is 0.522. The summed E-state index contributed by atoms with van der Waals surface area (Å²) in [4.78, 5) is 20.7. The Hall–Kier alpha value is -1.86. The van der Waals surface area contributed by atoms with E-state index in [1.165, 1.54) is 23.1 Å². The average Bonchev–Trinajstić information content (AvgIpc) is 3.16. The van der Waals surface area contributed by atoms with Crippen LogP contribution in [0.1, 0.15) is 34.4 Å². The first-order valence-electron chi connectivity index (χ1n) is 7.38. The molecule has 2 aromatic heterocycles. The summed E-state index contributed by atoms with van der Waals surface area (Å²) in [5.41, 5.74) is 3.29. The van der Waals surface area contributed by atoms with Crippen molar-refractivity contribution < 1.29 is 9.21 Å². The number of thiazole rings is 1. The number of aryl methyl sites for hydroxylation is 1. The molecule has 5 nitrogen and oxygen atoms in total. The van der Waals surface area contributed by atoms with E-state index in [0.29, 0.717) is 23.2 Å². The molecule has 3 rings (SSSR count). The maximum Gasteiger partial charge on any atom is 0.270 e. The van der Waals surface area contributed by atoms with Gasteiger partial charge >= 0.3 is 0 Å². The van der Waals surface area contributed by atoms with Gasteiger partial charge < -0.3 is 9.73 Å². The van der Waals surface area contributed by atoms with Gasteiger partial charge in [-0.2, -0.15) is 0 Å². The lowest BCUT2D eigenvalue weighted by molar-refractivity contribution is 0.0949. The van der Waals surface area contributed by atoms with E-state index in [2.05, 4.69) is 15.3 Å². The third kappa shape index (κ3) is 3.92. The van der Waals surface area contributed by atoms with Gasteiger partial charge in [-0.3, -0.25) is 4.79 Å². The molecule has 3 aromatic rings. The van der Waals surface area contributed by atoms with Crippen molar-refractivity contribution in [2.45, 2.75) is 31.2 Å². The van der Waals surface area contributed by atoms with Gasteiger partial charge in [0.15, 0.2) is 5.58 Å². The van der Waals surface area contributed by atoms with Crippen LogP contribution in [-0.2, 0) is 5.75 Å². The Morgan fingerprint density at radius 1 is 1.39 bits per heavy atom. The maximum absolute atomic E-state index is 11.8. The number of thioether (sulfide) groups is 1. The summed E-state index contributed by atoms with van der Waals surface area (Å²) in [6.07, 6.45) is 0.912. The standard InChI is InChI=1S/C16H17N3O2S2/c1-3-6-17-15(20)12-8-22-14(18-12)9-23-16-19-11-7-10(2)4-5-13(11)21-16/h4-5,7-8H,3,6,9H2,1-2H3,(H,17,20). The molecule has 0 bridgehead atoms. The molecule has 0 spiro atoms. The number of carbonyl (C=O) groups excluding carboxylic acids is 1. The molecule has 23 heavy (non-hydrogen) atoms. The number of benzene rings is 1. The Balaban J connectivity index is 1.63. The van der Waals surface area contributed by atoms with Gasteiger partial charge in [0, 0.05) is 11.9 Å². The highest BCUT2D eigenvalue weighted by Crippen LogP contribution is 2.27. The Kier molecular flexibility index (Phi) is 4.97. The van der Waals surface area contributed by atoms with Gasteiger partial charge in [0.05, 0.1) is 5.75 Å². The molecule has 1 amide bonds. The first-order chi connectivity index (χ1) is 11.2. The van der Waals surface area contributed by atoms with E-state index < -0.39 is 0 Å². The van der Waals surface area contributed by atoms with Crippen molar-refractivity contribution in [1.82, 2.24) is 15.3 Å². The molecule has 0 saturated heterocycles. The fourth-order valence-corrected chi connectivity index (χ4v) is 3.64. The zero-order chi connectivity index (χ0) is 16.2. The summed E-state index contributed by atoms with van der Waals surface area (Å²) in [6.45, 7) is 4.72. The molecule has 0 radical (unpaired) electrons. The van der Waals surface area contributed by atoms with Crippen molar-refractivity contribution in [3.63, 3.8) is 0 Å². The first-order valence-corrected chi connectivity index (χ1v) is 9.25. The number of hydrogen-bond acceptors (Lipinski definition) is 6. The topological polar surface area (TPSA) is 68.0 Å². The number of oxazole rings is 1. The van der Waals surface area contributed by atoms with Crippen molar-refractivity contribution in [2.24, 2.45) is 0 Å². The second-order valence-corrected chi connectivity index (χ2v) is 6.99. The van der Waals surface area contributed by atoms with Crippen molar-refractivity contribution in [3.05, 3.63) is 39.8 Å². The molecule has 2 heterocycles. The molecular weight excluding hydrogens is 330 g/mol. The quantitative estimate of drug-likeness (QED) is 0.682. The number of fused-ring (bicyclic) bond motifs is 1. The Morgan fingerprint density at radius 3 is 3.09 bits per heavy atom. The lowest BCUT2D eigenvalue weighted by Crippen LogP contribution is -2.24. The summed E-state index contributed by atoms with van der Waals surface area (Å²) >= 11 is 2.96. The van der Waals surface area contributed by atoms with Crippen LogP contribution in [0.3, 0.4) is 0 Å². The van der Waals surface area contributed by atoms with Crippen LogP contribution in [0.5, 0.6) is 0 Å². The monoisotopic (exact) mass is 347 g/mol. The maximum atomic E-state index is 11.8. The second kappa shape index (κ2) is 7.14. The van der Waals surface area contributed by atoms with Crippen LogP contribution in [0.15, 0.2) is 33.2 Å². The highest BCUT2D eigenvalue weighted by molar-refractivity contribution is 7.98. The van der Waals surface area contributed by atoms with Crippen molar-refractivity contribution in [2.75, 3.05) is 6.54 Å². The van der Waals surface area contributed by atoms with Gasteiger partial charge in [0.25, 0.3) is 11.1 Å². The number of aromatic nitrogens is 2. The zero-order valence-corrected chi connectivity index (χ0v) is 14.6. The first kappa shape index (κ1) is 16.0. The fourth-order valence-electron chi connectivity index (χ4n) is 2.01. The van der Waals surface area contributed by atoms with Crippen LogP contribution >= 0.6 is 23.1 Å². The van der Waals surface area contributed by atoms with Crippen LogP contribution in [0.4, 0.5) is 0 Å². The van der Waals surface area contributed by atoms with Gasteiger partial charge in [-0.25, -0.2) is 9.97 Å². The number of amides is 1. The molecule has 0 saturated carbocycles. The summed E-state index contributed by atoms with van der Waals surface area (Å²) in [7, 11) is 0. The van der Waals surface area contributed by atoms with Crippen LogP contribution < -0.4 is 5.32 Å². The highest BCUT2D eigenvalue weighted by Gasteiger charge is 2.12. The lowest BCUT2D eigenvalue weighted by atomic mass is 10.2. The second-order valence-electron chi connectivity index (χ2n) is 5.12. The zero-order valence-electron chi connectivity index (χ0n) is 13.0. The number of hydrogen-bond donors (Lipinski definition) is 1. The van der Waals surface area contributed by atoms with Crippen LogP contribution in [-0.4, -0.2) is 22.4 Å². The predicted octanol–water partition coefficient (Wildman–Crippen LogP) is 4.02. The molecule has 0 fully saturated rings. The van der Waals surface area contributed by atoms with E-state index in [9.17, 15) is 4.79 Å². The third-order valence-electron chi connectivity index (χ3n) is 3.16. The third-order valence-corrected chi connectivity index (χ3v) is 5.03. The van der Waals surface area contributed by atoms with Gasteiger partial charge in [-0.1, -0.05) is 24.8 Å². The van der Waals surface area contributed by atoms with Crippen molar-refractivity contribution >= 4 is 40.1 Å². The number of nitrogens with one attached hydrogen (secondary N) is 1. The number of nitrogens with zero attached hydrogens (tertiary/aromatic N) is 2. The molecule has 1 aromatic carbocycles. The molecule has 0 aliphatic heterocycles. The van der Waals surface area contributed by atoms with E-state index in [1.54, 1.807) is 5.38 Å². The van der Waals surface area contributed by atoms with Gasteiger partial charge in [-0.15, -0.1) is 11.3 Å². The molecule has 7 heteroatoms. The van der Waals surface area contributed by atoms with Gasteiger partial charge in [-0.05, 0) is 31.0 Å². The van der Waals surface area contributed by atoms with Crippen LogP contribution in [0, 0.1) is 6.92 Å². The normalized spacial score (nSPS) is 11.0. The Bertz CT molecular complexity index is 826. The molecule has 0 aliphatic rings. The number of rotatable bonds is 6. The van der Waals surface area contributed by atoms with Crippen molar-refractivity contribution in [3.8, 4) is 0 Å². The molecule has 0 unspecified atom stereocenters. The van der Waals surface area contributed by atoms with Gasteiger partial charge in [0.2, 0.25) is 0 Å². The minimum atomic E-state index is -0.114. The smallest absolute Gasteiger partial charge is 0.270 e. The average molecular weight is 347 g/mol. The van der Waals surface area contributed by atoms with E-state index in [-0.39, 0.29) is 5.91 Å². The fraction of sp³-hybridized carbons (Fsp3) is 0.312. The van der Waals surface area contributed by atoms with Crippen LogP contribution in [0.25, 0.3) is 11.1 Å². The van der Waals surface area contributed by atoms with E-state index in [1.807, 2.05) is 32.0 Å². The molecule has 0 aliphatic carbocycles. The highest BCUT2D eigenvalue weighted by atomic mass is 32.2. The molecule has 1 N–H and O–H groups in total. The van der Waals surface area contributed by atoms with E-state index in [4.69, 9.17) is 4.42 Å². The van der Waals surface area contributed by atoms with Crippen molar-refractivity contribution in [1.29, 1.82) is 0 Å². The Morgan fingerprint density at radius 2 is 2.26 bits per heavy atom. The van der Waals surface area contributed by atoms with Gasteiger partial charge in [0.1, 0.15) is 16.2 Å². The lowest BCUT2D eigenvalue weighted by Gasteiger charge is -1.98. The Labute approximate surface area is 142 Å². The largest absolute Gasteiger partial charge is 0.431 e. The molecule has 0 atom stereocenters. The predicted molar refractivity (Wildman–Crippen MR) is 93.0 cm³/mol. The van der Waals surface area contributed by atoms with E-state index in [0.717, 1.165) is 28.1 Å². The number of carbonyl (C=O) groups is 1. The van der Waals surface area contributed by atoms with E-state index >= 15 is 0 Å². The molecular formula is C16H17N3O2S2. The molecule has 120 valence electrons.